The summed E-state index contributed by atoms with van der Waals surface area (Å²) >= 11 is 0. The molecule has 1 saturated heterocycles. The molecule has 0 saturated carbocycles. The molecule has 0 spiro atoms. The minimum absolute atomic E-state index is 0.0297. The lowest BCUT2D eigenvalue weighted by Crippen LogP contribution is -2.43. The fourth-order valence-corrected chi connectivity index (χ4v) is 2.41. The minimum atomic E-state index is -0.0727. The van der Waals surface area contributed by atoms with Crippen molar-refractivity contribution in [3.8, 4) is 5.75 Å². The second-order valence-corrected chi connectivity index (χ2v) is 4.45. The highest BCUT2D eigenvalue weighted by atomic mass is 16.3. The van der Waals surface area contributed by atoms with Crippen LogP contribution in [0.15, 0.2) is 18.5 Å². The van der Waals surface area contributed by atoms with Crippen LogP contribution in [-0.2, 0) is 0 Å². The number of pyridine rings is 1. The molecule has 1 unspecified atom stereocenters. The number of aromatic hydroxyl groups is 1. The molecule has 2 heterocycles. The lowest BCUT2D eigenvalue weighted by molar-refractivity contribution is 0.0605. The Morgan fingerprint density at radius 3 is 3.12 bits per heavy atom. The molecule has 2 rings (SSSR count). The molecule has 0 aromatic carbocycles. The summed E-state index contributed by atoms with van der Waals surface area (Å²) in [6, 6.07) is 1.89. The van der Waals surface area contributed by atoms with Gasteiger partial charge in [0.15, 0.2) is 0 Å². The van der Waals surface area contributed by atoms with Crippen LogP contribution < -0.4 is 0 Å². The zero-order valence-electron chi connectivity index (χ0n) is 10.1. The van der Waals surface area contributed by atoms with Crippen molar-refractivity contribution in [2.75, 3.05) is 6.54 Å². The van der Waals surface area contributed by atoms with Gasteiger partial charge in [-0.05, 0) is 31.7 Å². The fraction of sp³-hybridized carbons (Fsp3) is 0.538. The van der Waals surface area contributed by atoms with Gasteiger partial charge in [-0.25, -0.2) is 0 Å². The van der Waals surface area contributed by atoms with Crippen LogP contribution >= 0.6 is 0 Å². The first-order valence-electron chi connectivity index (χ1n) is 6.18. The zero-order valence-corrected chi connectivity index (χ0v) is 10.1. The normalized spacial score (nSPS) is 20.3. The molecule has 1 aliphatic heterocycles. The van der Waals surface area contributed by atoms with Crippen molar-refractivity contribution in [1.82, 2.24) is 9.88 Å². The van der Waals surface area contributed by atoms with Gasteiger partial charge in [-0.3, -0.25) is 9.78 Å². The van der Waals surface area contributed by atoms with E-state index in [1.165, 1.54) is 18.8 Å². The van der Waals surface area contributed by atoms with E-state index in [4.69, 9.17) is 0 Å². The van der Waals surface area contributed by atoms with Gasteiger partial charge >= 0.3 is 0 Å². The number of carbonyl (C=O) groups excluding carboxylic acids is 1. The molecule has 1 N–H and O–H groups in total. The predicted octanol–water partition coefficient (Wildman–Crippen LogP) is 2.19. The molecule has 1 fully saturated rings. The molecule has 0 aliphatic carbocycles. The van der Waals surface area contributed by atoms with Crippen molar-refractivity contribution >= 4 is 5.91 Å². The van der Waals surface area contributed by atoms with Crippen LogP contribution in [0.3, 0.4) is 0 Å². The summed E-state index contributed by atoms with van der Waals surface area (Å²) in [6.07, 6.45) is 7.13. The SMILES string of the molecule is CCC1CCCCN1C(=O)c1ccncc1O. The minimum Gasteiger partial charge on any atom is -0.505 e. The predicted molar refractivity (Wildman–Crippen MR) is 64.9 cm³/mol. The van der Waals surface area contributed by atoms with Crippen LogP contribution in [-0.4, -0.2) is 33.5 Å². The van der Waals surface area contributed by atoms with Gasteiger partial charge in [-0.15, -0.1) is 0 Å². The lowest BCUT2D eigenvalue weighted by Gasteiger charge is -2.35. The molecule has 1 amide bonds. The van der Waals surface area contributed by atoms with Gasteiger partial charge in [0.25, 0.3) is 5.91 Å². The number of hydrogen-bond donors (Lipinski definition) is 1. The molecule has 1 aliphatic rings. The van der Waals surface area contributed by atoms with E-state index in [0.29, 0.717) is 11.6 Å². The number of nitrogens with zero attached hydrogens (tertiary/aromatic N) is 2. The second kappa shape index (κ2) is 5.17. The van der Waals surface area contributed by atoms with Crippen molar-refractivity contribution in [1.29, 1.82) is 0 Å². The monoisotopic (exact) mass is 234 g/mol. The summed E-state index contributed by atoms with van der Waals surface area (Å²) in [5.74, 6) is -0.102. The van der Waals surface area contributed by atoms with Crippen molar-refractivity contribution in [3.63, 3.8) is 0 Å². The number of hydrogen-bond acceptors (Lipinski definition) is 3. The topological polar surface area (TPSA) is 53.4 Å². The molecule has 4 nitrogen and oxygen atoms in total. The van der Waals surface area contributed by atoms with E-state index in [0.717, 1.165) is 25.8 Å². The second-order valence-electron chi connectivity index (χ2n) is 4.45. The number of carbonyl (C=O) groups is 1. The van der Waals surface area contributed by atoms with E-state index in [9.17, 15) is 9.90 Å². The fourth-order valence-electron chi connectivity index (χ4n) is 2.41. The van der Waals surface area contributed by atoms with Crippen molar-refractivity contribution in [3.05, 3.63) is 24.0 Å². The number of piperidine rings is 1. The molecule has 0 radical (unpaired) electrons. The molecule has 1 aromatic rings. The number of aromatic nitrogens is 1. The third-order valence-electron chi connectivity index (χ3n) is 3.39. The van der Waals surface area contributed by atoms with Crippen LogP contribution in [0.2, 0.25) is 0 Å². The smallest absolute Gasteiger partial charge is 0.257 e. The van der Waals surface area contributed by atoms with Gasteiger partial charge in [-0.2, -0.15) is 0 Å². The van der Waals surface area contributed by atoms with E-state index >= 15 is 0 Å². The lowest BCUT2D eigenvalue weighted by atomic mass is 9.99. The van der Waals surface area contributed by atoms with E-state index < -0.39 is 0 Å². The molecule has 0 bridgehead atoms. The molecular formula is C13H18N2O2. The Morgan fingerprint density at radius 2 is 2.41 bits per heavy atom. The number of rotatable bonds is 2. The molecular weight excluding hydrogens is 216 g/mol. The van der Waals surface area contributed by atoms with Gasteiger partial charge < -0.3 is 10.0 Å². The van der Waals surface area contributed by atoms with Crippen LogP contribution in [0.4, 0.5) is 0 Å². The summed E-state index contributed by atoms with van der Waals surface area (Å²) < 4.78 is 0. The molecule has 4 heteroatoms. The maximum Gasteiger partial charge on any atom is 0.257 e. The van der Waals surface area contributed by atoms with E-state index in [1.807, 2.05) is 4.90 Å². The van der Waals surface area contributed by atoms with E-state index in [2.05, 4.69) is 11.9 Å². The highest BCUT2D eigenvalue weighted by Gasteiger charge is 2.27. The highest BCUT2D eigenvalue weighted by Crippen LogP contribution is 2.24. The van der Waals surface area contributed by atoms with Crippen LogP contribution in [0.25, 0.3) is 0 Å². The van der Waals surface area contributed by atoms with Crippen LogP contribution in [0, 0.1) is 0 Å². The average molecular weight is 234 g/mol. The Kier molecular flexibility index (Phi) is 3.61. The summed E-state index contributed by atoms with van der Waals surface area (Å²) in [5, 5.41) is 9.66. The van der Waals surface area contributed by atoms with Gasteiger partial charge in [0.05, 0.1) is 11.8 Å². The highest BCUT2D eigenvalue weighted by molar-refractivity contribution is 5.96. The van der Waals surface area contributed by atoms with Crippen molar-refractivity contribution < 1.29 is 9.90 Å². The van der Waals surface area contributed by atoms with Gasteiger partial charge in [-0.1, -0.05) is 6.92 Å². The molecule has 92 valence electrons. The largest absolute Gasteiger partial charge is 0.505 e. The first-order valence-corrected chi connectivity index (χ1v) is 6.18. The Morgan fingerprint density at radius 1 is 1.59 bits per heavy atom. The molecule has 17 heavy (non-hydrogen) atoms. The van der Waals surface area contributed by atoms with Crippen molar-refractivity contribution in [2.24, 2.45) is 0 Å². The Hall–Kier alpha value is -1.58. The van der Waals surface area contributed by atoms with Crippen LogP contribution in [0.1, 0.15) is 43.0 Å². The quantitative estimate of drug-likeness (QED) is 0.853. The third kappa shape index (κ3) is 2.40. The first kappa shape index (κ1) is 11.9. The van der Waals surface area contributed by atoms with Gasteiger partial charge in [0, 0.05) is 18.8 Å². The summed E-state index contributed by atoms with van der Waals surface area (Å²) in [4.78, 5) is 18.0. The third-order valence-corrected chi connectivity index (χ3v) is 3.39. The maximum atomic E-state index is 12.3. The van der Waals surface area contributed by atoms with Crippen molar-refractivity contribution in [2.45, 2.75) is 38.6 Å². The van der Waals surface area contributed by atoms with Gasteiger partial charge in [0.1, 0.15) is 5.75 Å². The average Bonchev–Trinajstić information content (AvgIpc) is 2.38. The summed E-state index contributed by atoms with van der Waals surface area (Å²) in [5.41, 5.74) is 0.361. The Bertz CT molecular complexity index is 406. The number of amides is 1. The summed E-state index contributed by atoms with van der Waals surface area (Å²) in [7, 11) is 0. The Balaban J connectivity index is 2.21. The van der Waals surface area contributed by atoms with Gasteiger partial charge in [0.2, 0.25) is 0 Å². The van der Waals surface area contributed by atoms with Crippen LogP contribution in [0.5, 0.6) is 5.75 Å². The Labute approximate surface area is 101 Å². The van der Waals surface area contributed by atoms with E-state index in [-0.39, 0.29) is 11.7 Å². The van der Waals surface area contributed by atoms with E-state index in [1.54, 1.807) is 6.07 Å². The molecule has 1 aromatic heterocycles. The number of likely N-dealkylation sites (tertiary alicyclic amines) is 1. The standard InChI is InChI=1S/C13H18N2O2/c1-2-10-5-3-4-8-15(10)13(17)11-6-7-14-9-12(11)16/h6-7,9-10,16H,2-5,8H2,1H3. The first-order chi connectivity index (χ1) is 8.24. The maximum absolute atomic E-state index is 12.3. The zero-order chi connectivity index (χ0) is 12.3. The summed E-state index contributed by atoms with van der Waals surface area (Å²) in [6.45, 7) is 2.89. The molecule has 1 atom stereocenters.